The predicted octanol–water partition coefficient (Wildman–Crippen LogP) is 4.07. The molecule has 1 aromatic heterocycles. The molecule has 0 amide bonds. The molecule has 0 bridgehead atoms. The zero-order valence-electron chi connectivity index (χ0n) is 13.2. The molecular formula is C18H25N3. The van der Waals surface area contributed by atoms with Gasteiger partial charge >= 0.3 is 0 Å². The highest BCUT2D eigenvalue weighted by Gasteiger charge is 2.14. The van der Waals surface area contributed by atoms with E-state index in [-0.39, 0.29) is 0 Å². The van der Waals surface area contributed by atoms with Crippen LogP contribution in [0.4, 0.5) is 0 Å². The van der Waals surface area contributed by atoms with Crippen molar-refractivity contribution < 1.29 is 0 Å². The standard InChI is InChI=1S/C18H25N3/c1-14-7-8-16(11-15(14)2)18-17(12-19-20-18)13-21-9-5-3-4-6-10-21/h7-8,11-12H,3-6,9-10,13H2,1-2H3,(H,19,20). The molecule has 3 nitrogen and oxygen atoms in total. The number of hydrogen-bond acceptors (Lipinski definition) is 2. The van der Waals surface area contributed by atoms with Gasteiger partial charge in [0.1, 0.15) is 0 Å². The molecule has 1 aromatic carbocycles. The fourth-order valence-corrected chi connectivity index (χ4v) is 3.11. The second-order valence-corrected chi connectivity index (χ2v) is 6.26. The first-order valence-corrected chi connectivity index (χ1v) is 8.06. The SMILES string of the molecule is Cc1ccc(-c2[nH]ncc2CN2CCCCCC2)cc1C. The number of aromatic amines is 1. The molecule has 0 aliphatic carbocycles. The van der Waals surface area contributed by atoms with E-state index in [4.69, 9.17) is 0 Å². The summed E-state index contributed by atoms with van der Waals surface area (Å²) in [6.45, 7) is 7.78. The highest BCUT2D eigenvalue weighted by atomic mass is 15.1. The molecule has 3 rings (SSSR count). The molecule has 0 radical (unpaired) electrons. The van der Waals surface area contributed by atoms with Crippen LogP contribution in [0.1, 0.15) is 42.4 Å². The van der Waals surface area contributed by atoms with E-state index in [1.807, 2.05) is 6.20 Å². The Kier molecular flexibility index (Phi) is 4.39. The quantitative estimate of drug-likeness (QED) is 0.921. The second-order valence-electron chi connectivity index (χ2n) is 6.26. The maximum absolute atomic E-state index is 4.29. The number of likely N-dealkylation sites (tertiary alicyclic amines) is 1. The van der Waals surface area contributed by atoms with Gasteiger partial charge in [0, 0.05) is 17.7 Å². The third kappa shape index (κ3) is 3.35. The van der Waals surface area contributed by atoms with Gasteiger partial charge in [-0.25, -0.2) is 0 Å². The van der Waals surface area contributed by atoms with Crippen LogP contribution in [0.15, 0.2) is 24.4 Å². The minimum absolute atomic E-state index is 1.01. The lowest BCUT2D eigenvalue weighted by Gasteiger charge is -2.19. The van der Waals surface area contributed by atoms with E-state index in [0.29, 0.717) is 0 Å². The Balaban J connectivity index is 1.81. The first-order chi connectivity index (χ1) is 10.2. The number of aryl methyl sites for hydroxylation is 2. The average Bonchev–Trinajstić information content (AvgIpc) is 2.77. The van der Waals surface area contributed by atoms with Crippen LogP contribution < -0.4 is 0 Å². The van der Waals surface area contributed by atoms with Crippen molar-refractivity contribution in [1.29, 1.82) is 0 Å². The van der Waals surface area contributed by atoms with Gasteiger partial charge in [0.25, 0.3) is 0 Å². The lowest BCUT2D eigenvalue weighted by atomic mass is 10.0. The van der Waals surface area contributed by atoms with Crippen LogP contribution in [0.2, 0.25) is 0 Å². The summed E-state index contributed by atoms with van der Waals surface area (Å²) in [6, 6.07) is 6.65. The van der Waals surface area contributed by atoms with Gasteiger partial charge < -0.3 is 0 Å². The molecule has 1 aliphatic heterocycles. The zero-order valence-corrected chi connectivity index (χ0v) is 13.2. The topological polar surface area (TPSA) is 31.9 Å². The maximum Gasteiger partial charge on any atom is 0.0695 e. The second kappa shape index (κ2) is 6.44. The van der Waals surface area contributed by atoms with Crippen LogP contribution in [-0.4, -0.2) is 28.2 Å². The number of aromatic nitrogens is 2. The molecule has 1 saturated heterocycles. The molecule has 2 aromatic rings. The summed E-state index contributed by atoms with van der Waals surface area (Å²) in [5, 5.41) is 7.49. The number of nitrogens with zero attached hydrogens (tertiary/aromatic N) is 2. The molecule has 0 atom stereocenters. The van der Waals surface area contributed by atoms with Gasteiger partial charge in [0.05, 0.1) is 11.9 Å². The first kappa shape index (κ1) is 14.3. The molecule has 1 fully saturated rings. The van der Waals surface area contributed by atoms with Crippen molar-refractivity contribution in [3.05, 3.63) is 41.1 Å². The molecule has 21 heavy (non-hydrogen) atoms. The zero-order chi connectivity index (χ0) is 14.7. The molecule has 0 saturated carbocycles. The molecule has 0 unspecified atom stereocenters. The Morgan fingerprint density at radius 3 is 2.52 bits per heavy atom. The smallest absolute Gasteiger partial charge is 0.0695 e. The fourth-order valence-electron chi connectivity index (χ4n) is 3.11. The molecule has 1 N–H and O–H groups in total. The van der Waals surface area contributed by atoms with Crippen LogP contribution in [0.5, 0.6) is 0 Å². The van der Waals surface area contributed by atoms with E-state index in [0.717, 1.165) is 6.54 Å². The molecular weight excluding hydrogens is 258 g/mol. The van der Waals surface area contributed by atoms with Crippen LogP contribution in [-0.2, 0) is 6.54 Å². The summed E-state index contributed by atoms with van der Waals surface area (Å²) < 4.78 is 0. The number of hydrogen-bond donors (Lipinski definition) is 1. The van der Waals surface area contributed by atoms with E-state index >= 15 is 0 Å². The lowest BCUT2D eigenvalue weighted by Crippen LogP contribution is -2.24. The van der Waals surface area contributed by atoms with Gasteiger partial charge in [-0.05, 0) is 57.0 Å². The Labute approximate surface area is 127 Å². The van der Waals surface area contributed by atoms with Crippen LogP contribution in [0.25, 0.3) is 11.3 Å². The van der Waals surface area contributed by atoms with E-state index in [1.165, 1.54) is 66.7 Å². The van der Waals surface area contributed by atoms with Crippen molar-refractivity contribution in [2.75, 3.05) is 13.1 Å². The fraction of sp³-hybridized carbons (Fsp3) is 0.500. The summed E-state index contributed by atoms with van der Waals surface area (Å²) in [4.78, 5) is 2.57. The van der Waals surface area contributed by atoms with Crippen molar-refractivity contribution in [1.82, 2.24) is 15.1 Å². The number of benzene rings is 1. The normalized spacial score (nSPS) is 16.9. The Hall–Kier alpha value is -1.61. The van der Waals surface area contributed by atoms with Crippen molar-refractivity contribution in [3.63, 3.8) is 0 Å². The number of rotatable bonds is 3. The predicted molar refractivity (Wildman–Crippen MR) is 87.2 cm³/mol. The van der Waals surface area contributed by atoms with Gasteiger partial charge in [-0.15, -0.1) is 0 Å². The first-order valence-electron chi connectivity index (χ1n) is 8.06. The Bertz CT molecular complexity index is 592. The summed E-state index contributed by atoms with van der Waals surface area (Å²) >= 11 is 0. The maximum atomic E-state index is 4.29. The third-order valence-electron chi connectivity index (χ3n) is 4.61. The van der Waals surface area contributed by atoms with Gasteiger partial charge in [-0.2, -0.15) is 5.10 Å². The largest absolute Gasteiger partial charge is 0.299 e. The number of nitrogens with one attached hydrogen (secondary N) is 1. The van der Waals surface area contributed by atoms with E-state index < -0.39 is 0 Å². The van der Waals surface area contributed by atoms with Gasteiger partial charge in [0.15, 0.2) is 0 Å². The minimum Gasteiger partial charge on any atom is -0.299 e. The van der Waals surface area contributed by atoms with E-state index in [2.05, 4.69) is 47.1 Å². The van der Waals surface area contributed by atoms with Crippen molar-refractivity contribution in [2.45, 2.75) is 46.1 Å². The van der Waals surface area contributed by atoms with Gasteiger partial charge in [-0.1, -0.05) is 25.0 Å². The monoisotopic (exact) mass is 283 g/mol. The molecule has 112 valence electrons. The summed E-state index contributed by atoms with van der Waals surface area (Å²) in [5.74, 6) is 0. The molecule has 1 aliphatic rings. The molecule has 2 heterocycles. The van der Waals surface area contributed by atoms with Crippen molar-refractivity contribution in [3.8, 4) is 11.3 Å². The molecule has 3 heteroatoms. The van der Waals surface area contributed by atoms with Gasteiger partial charge in [0.2, 0.25) is 0 Å². The van der Waals surface area contributed by atoms with Crippen LogP contribution >= 0.6 is 0 Å². The minimum atomic E-state index is 1.01. The third-order valence-corrected chi connectivity index (χ3v) is 4.61. The summed E-state index contributed by atoms with van der Waals surface area (Å²) in [5.41, 5.74) is 6.43. The summed E-state index contributed by atoms with van der Waals surface area (Å²) in [7, 11) is 0. The Morgan fingerprint density at radius 1 is 1.05 bits per heavy atom. The van der Waals surface area contributed by atoms with Crippen molar-refractivity contribution in [2.24, 2.45) is 0 Å². The van der Waals surface area contributed by atoms with Crippen molar-refractivity contribution >= 4 is 0 Å². The highest BCUT2D eigenvalue weighted by molar-refractivity contribution is 5.64. The van der Waals surface area contributed by atoms with E-state index in [1.54, 1.807) is 0 Å². The lowest BCUT2D eigenvalue weighted by molar-refractivity contribution is 0.277. The van der Waals surface area contributed by atoms with Crippen LogP contribution in [0, 0.1) is 13.8 Å². The van der Waals surface area contributed by atoms with Crippen LogP contribution in [0.3, 0.4) is 0 Å². The van der Waals surface area contributed by atoms with E-state index in [9.17, 15) is 0 Å². The number of H-pyrrole nitrogens is 1. The Morgan fingerprint density at radius 2 is 1.81 bits per heavy atom. The highest BCUT2D eigenvalue weighted by Crippen LogP contribution is 2.25. The molecule has 0 spiro atoms. The van der Waals surface area contributed by atoms with Gasteiger partial charge in [-0.3, -0.25) is 10.00 Å². The summed E-state index contributed by atoms with van der Waals surface area (Å²) in [6.07, 6.45) is 7.42. The average molecular weight is 283 g/mol.